The van der Waals surface area contributed by atoms with Crippen molar-refractivity contribution in [2.24, 2.45) is 0 Å². The molecule has 0 aliphatic carbocycles. The minimum absolute atomic E-state index is 0. The summed E-state index contributed by atoms with van der Waals surface area (Å²) in [5, 5.41) is 22.9. The fourth-order valence-electron chi connectivity index (χ4n) is 0.859. The highest BCUT2D eigenvalue weighted by Crippen LogP contribution is 2.16. The van der Waals surface area contributed by atoms with E-state index in [1.165, 1.54) is 5.56 Å². The largest absolute Gasteiger partial charge is 0.508 e. The van der Waals surface area contributed by atoms with E-state index in [1.807, 2.05) is 12.1 Å². The summed E-state index contributed by atoms with van der Waals surface area (Å²) in [6.45, 7) is 4.26. The first-order chi connectivity index (χ1) is 6.11. The van der Waals surface area contributed by atoms with Crippen LogP contribution in [0, 0.1) is 0 Å². The Balaban J connectivity index is 0.000000424. The summed E-state index contributed by atoms with van der Waals surface area (Å²) in [6, 6.07) is 7.32. The van der Waals surface area contributed by atoms with Gasteiger partial charge in [-0.15, -0.1) is 0 Å². The van der Waals surface area contributed by atoms with Gasteiger partial charge in [0, 0.05) is 0 Å². The van der Waals surface area contributed by atoms with Crippen LogP contribution in [0.3, 0.4) is 0 Å². The Morgan fingerprint density at radius 3 is 1.77 bits per heavy atom. The fourth-order valence-corrected chi connectivity index (χ4v) is 0.859. The van der Waals surface area contributed by atoms with Crippen molar-refractivity contribution >= 4 is 7.69 Å². The standard InChI is InChI=1S/C9H12O.BH2O2/c1-7(2)8-3-5-9(10)6-4-8;2-1-3/h3-7,10H,1-2H3;2-3H. The van der Waals surface area contributed by atoms with Gasteiger partial charge in [0.25, 0.3) is 0 Å². The fraction of sp³-hybridized carbons (Fsp3) is 0.333. The molecule has 0 aliphatic rings. The van der Waals surface area contributed by atoms with Gasteiger partial charge in [0.05, 0.1) is 0 Å². The maximum atomic E-state index is 8.94. The number of rotatable bonds is 1. The van der Waals surface area contributed by atoms with E-state index in [1.54, 1.807) is 12.1 Å². The summed E-state index contributed by atoms with van der Waals surface area (Å²) in [5.74, 6) is 0.880. The van der Waals surface area contributed by atoms with E-state index in [0.717, 1.165) is 0 Å². The molecule has 1 rings (SSSR count). The third-order valence-electron chi connectivity index (χ3n) is 1.56. The average molecular weight is 181 g/mol. The van der Waals surface area contributed by atoms with Crippen LogP contribution in [0.5, 0.6) is 5.75 Å². The van der Waals surface area contributed by atoms with Crippen LogP contribution in [0.1, 0.15) is 25.3 Å². The van der Waals surface area contributed by atoms with E-state index >= 15 is 0 Å². The van der Waals surface area contributed by atoms with E-state index in [0.29, 0.717) is 11.7 Å². The monoisotopic (exact) mass is 181 g/mol. The average Bonchev–Trinajstić information content (AvgIpc) is 2.06. The third kappa shape index (κ3) is 5.28. The molecule has 0 unspecified atom stereocenters. The quantitative estimate of drug-likeness (QED) is 0.566. The molecule has 3 nitrogen and oxygen atoms in total. The lowest BCUT2D eigenvalue weighted by Gasteiger charge is -2.03. The molecule has 1 radical (unpaired) electrons. The zero-order valence-corrected chi connectivity index (χ0v) is 7.81. The first kappa shape index (κ1) is 12.0. The van der Waals surface area contributed by atoms with E-state index in [-0.39, 0.29) is 7.69 Å². The van der Waals surface area contributed by atoms with Gasteiger partial charge < -0.3 is 15.2 Å². The number of aromatic hydroxyl groups is 1. The summed E-state index contributed by atoms with van der Waals surface area (Å²) in [4.78, 5) is 0. The molecular weight excluding hydrogens is 167 g/mol. The molecule has 71 valence electrons. The molecule has 0 heterocycles. The Labute approximate surface area is 79.0 Å². The Bertz CT molecular complexity index is 221. The molecule has 4 heteroatoms. The smallest absolute Gasteiger partial charge is 0.482 e. The maximum Gasteiger partial charge on any atom is 0.482 e. The molecule has 3 N–H and O–H groups in total. The Morgan fingerprint density at radius 2 is 1.46 bits per heavy atom. The van der Waals surface area contributed by atoms with Gasteiger partial charge in [-0.25, -0.2) is 0 Å². The molecule has 0 saturated carbocycles. The highest BCUT2D eigenvalue weighted by atomic mass is 16.4. The number of phenols is 1. The van der Waals surface area contributed by atoms with E-state index in [4.69, 9.17) is 15.2 Å². The molecule has 13 heavy (non-hydrogen) atoms. The van der Waals surface area contributed by atoms with Gasteiger partial charge in [0.15, 0.2) is 0 Å². The van der Waals surface area contributed by atoms with Crippen LogP contribution in [0.2, 0.25) is 0 Å². The molecule has 0 atom stereocenters. The van der Waals surface area contributed by atoms with Gasteiger partial charge >= 0.3 is 7.69 Å². The highest BCUT2D eigenvalue weighted by Gasteiger charge is 1.96. The third-order valence-corrected chi connectivity index (χ3v) is 1.56. The van der Waals surface area contributed by atoms with Crippen molar-refractivity contribution in [3.8, 4) is 5.75 Å². The number of hydrogen-bond acceptors (Lipinski definition) is 3. The zero-order valence-electron chi connectivity index (χ0n) is 7.81. The predicted molar refractivity (Wildman–Crippen MR) is 52.4 cm³/mol. The van der Waals surface area contributed by atoms with Crippen molar-refractivity contribution in [3.05, 3.63) is 29.8 Å². The van der Waals surface area contributed by atoms with Crippen LogP contribution in [0.15, 0.2) is 24.3 Å². The van der Waals surface area contributed by atoms with Crippen LogP contribution in [-0.2, 0) is 0 Å². The zero-order chi connectivity index (χ0) is 10.3. The van der Waals surface area contributed by atoms with Crippen LogP contribution >= 0.6 is 0 Å². The van der Waals surface area contributed by atoms with Crippen LogP contribution < -0.4 is 0 Å². The summed E-state index contributed by atoms with van der Waals surface area (Å²) < 4.78 is 0. The number of benzene rings is 1. The van der Waals surface area contributed by atoms with Gasteiger partial charge in [-0.3, -0.25) is 0 Å². The van der Waals surface area contributed by atoms with Crippen molar-refractivity contribution in [2.75, 3.05) is 0 Å². The summed E-state index contributed by atoms with van der Waals surface area (Å²) in [7, 11) is 0. The second kappa shape index (κ2) is 6.51. The second-order valence-corrected chi connectivity index (χ2v) is 2.86. The van der Waals surface area contributed by atoms with E-state index < -0.39 is 0 Å². The Kier molecular flexibility index (Phi) is 6.01. The van der Waals surface area contributed by atoms with E-state index in [9.17, 15) is 0 Å². The van der Waals surface area contributed by atoms with Gasteiger partial charge in [0.1, 0.15) is 5.75 Å². The lowest BCUT2D eigenvalue weighted by Crippen LogP contribution is -1.84. The normalized spacial score (nSPS) is 9.00. The van der Waals surface area contributed by atoms with Gasteiger partial charge in [-0.05, 0) is 23.6 Å². The number of hydrogen-bond donors (Lipinski definition) is 3. The lowest BCUT2D eigenvalue weighted by molar-refractivity contribution is 0.448. The van der Waals surface area contributed by atoms with Crippen molar-refractivity contribution in [1.29, 1.82) is 0 Å². The van der Waals surface area contributed by atoms with Crippen molar-refractivity contribution in [2.45, 2.75) is 19.8 Å². The molecule has 0 bridgehead atoms. The molecule has 1 aromatic rings. The maximum absolute atomic E-state index is 8.94. The minimum atomic E-state index is 0. The second-order valence-electron chi connectivity index (χ2n) is 2.86. The summed E-state index contributed by atoms with van der Waals surface area (Å²) >= 11 is 0. The van der Waals surface area contributed by atoms with E-state index in [2.05, 4.69) is 13.8 Å². The SMILES string of the molecule is CC(C)c1ccc(O)cc1.O[B]O. The van der Waals surface area contributed by atoms with Crippen molar-refractivity contribution in [1.82, 2.24) is 0 Å². The van der Waals surface area contributed by atoms with Crippen LogP contribution in [-0.4, -0.2) is 22.8 Å². The van der Waals surface area contributed by atoms with Crippen LogP contribution in [0.4, 0.5) is 0 Å². The topological polar surface area (TPSA) is 60.7 Å². The molecule has 0 fully saturated rings. The summed E-state index contributed by atoms with van der Waals surface area (Å²) in [6.07, 6.45) is 0. The molecule has 0 amide bonds. The van der Waals surface area contributed by atoms with Crippen LogP contribution in [0.25, 0.3) is 0 Å². The Hall–Kier alpha value is -0.995. The minimum Gasteiger partial charge on any atom is -0.508 e. The molecule has 0 aromatic heterocycles. The summed E-state index contributed by atoms with van der Waals surface area (Å²) in [5.41, 5.74) is 1.26. The molecule has 1 aromatic carbocycles. The van der Waals surface area contributed by atoms with Gasteiger partial charge in [-0.2, -0.15) is 0 Å². The highest BCUT2D eigenvalue weighted by molar-refractivity contribution is 6.13. The predicted octanol–water partition coefficient (Wildman–Crippen LogP) is 1.02. The lowest BCUT2D eigenvalue weighted by atomic mass is 10.0. The molecular formula is C9H14BO3. The number of phenolic OH excluding ortho intramolecular Hbond substituents is 1. The van der Waals surface area contributed by atoms with Crippen molar-refractivity contribution < 1.29 is 15.2 Å². The first-order valence-electron chi connectivity index (χ1n) is 4.00. The molecule has 0 spiro atoms. The van der Waals surface area contributed by atoms with Crippen molar-refractivity contribution in [3.63, 3.8) is 0 Å². The Morgan fingerprint density at radius 1 is 1.08 bits per heavy atom. The van der Waals surface area contributed by atoms with Gasteiger partial charge in [0.2, 0.25) is 0 Å². The molecule has 0 aliphatic heterocycles. The van der Waals surface area contributed by atoms with Gasteiger partial charge in [-0.1, -0.05) is 26.0 Å². The molecule has 0 saturated heterocycles. The first-order valence-corrected chi connectivity index (χ1v) is 4.00.